The molecule has 0 aliphatic rings. The van der Waals surface area contributed by atoms with Gasteiger partial charge in [0.05, 0.1) is 6.61 Å². The molecule has 0 radical (unpaired) electrons. The topological polar surface area (TPSA) is 21.3 Å². The van der Waals surface area contributed by atoms with Gasteiger partial charge in [0.15, 0.2) is 0 Å². The Bertz CT molecular complexity index is 42.2. The minimum Gasteiger partial charge on any atom is -0.383 e. The Morgan fingerprint density at radius 3 is 2.67 bits per heavy atom. The molecule has 1 N–H and O–H groups in total. The second-order valence-corrected chi connectivity index (χ2v) is 2.10. The summed E-state index contributed by atoms with van der Waals surface area (Å²) in [6, 6.07) is 0. The molecule has 0 aromatic heterocycles. The molecule has 0 saturated carbocycles. The molecule has 0 atom stereocenters. The molecule has 0 saturated heterocycles. The van der Waals surface area contributed by atoms with Crippen LogP contribution in [0, 0.1) is 0 Å². The van der Waals surface area contributed by atoms with Crippen molar-refractivity contribution >= 4 is 0 Å². The van der Waals surface area contributed by atoms with Gasteiger partial charge in [0.2, 0.25) is 0 Å². The molecule has 2 heteroatoms. The maximum atomic E-state index is 4.86. The van der Waals surface area contributed by atoms with Crippen LogP contribution in [0.1, 0.15) is 19.8 Å². The standard InChI is InChI=1S/C7H17NO/c1-3-4-5-8-6-7-9-2/h8H,3-7H2,1-2H3. The molecule has 2 nitrogen and oxygen atoms in total. The summed E-state index contributed by atoms with van der Waals surface area (Å²) >= 11 is 0. The summed E-state index contributed by atoms with van der Waals surface area (Å²) in [4.78, 5) is 0. The van der Waals surface area contributed by atoms with Crippen molar-refractivity contribution in [1.82, 2.24) is 5.32 Å². The van der Waals surface area contributed by atoms with Crippen molar-refractivity contribution in [3.8, 4) is 0 Å². The predicted octanol–water partition coefficient (Wildman–Crippen LogP) is 1.02. The number of nitrogens with one attached hydrogen (secondary N) is 1. The number of hydrogen-bond acceptors (Lipinski definition) is 2. The fourth-order valence-electron chi connectivity index (χ4n) is 0.601. The van der Waals surface area contributed by atoms with Crippen LogP contribution in [0.25, 0.3) is 0 Å². The minimum absolute atomic E-state index is 0.823. The Balaban J connectivity index is 2.60. The maximum absolute atomic E-state index is 4.86. The Morgan fingerprint density at radius 1 is 1.33 bits per heavy atom. The summed E-state index contributed by atoms with van der Waals surface area (Å²) in [5.74, 6) is 0. The van der Waals surface area contributed by atoms with Gasteiger partial charge in [0.1, 0.15) is 0 Å². The predicted molar refractivity (Wildman–Crippen MR) is 39.7 cm³/mol. The zero-order valence-electron chi connectivity index (χ0n) is 6.44. The molecule has 0 aromatic carbocycles. The monoisotopic (exact) mass is 131 g/mol. The minimum atomic E-state index is 0.823. The van der Waals surface area contributed by atoms with Crippen LogP contribution in [-0.4, -0.2) is 26.8 Å². The molecule has 0 aromatic rings. The van der Waals surface area contributed by atoms with E-state index in [1.54, 1.807) is 7.11 Å². The highest BCUT2D eigenvalue weighted by Gasteiger charge is 1.83. The molecule has 0 aliphatic heterocycles. The summed E-state index contributed by atoms with van der Waals surface area (Å²) < 4.78 is 4.86. The van der Waals surface area contributed by atoms with E-state index in [2.05, 4.69) is 12.2 Å². The Kier molecular flexibility index (Phi) is 7.85. The molecular weight excluding hydrogens is 114 g/mol. The molecule has 0 spiro atoms. The average molecular weight is 131 g/mol. The van der Waals surface area contributed by atoms with Crippen molar-refractivity contribution in [2.45, 2.75) is 19.8 Å². The number of hydrogen-bond donors (Lipinski definition) is 1. The van der Waals surface area contributed by atoms with Gasteiger partial charge < -0.3 is 10.1 Å². The maximum Gasteiger partial charge on any atom is 0.0587 e. The van der Waals surface area contributed by atoms with E-state index in [1.165, 1.54) is 12.8 Å². The zero-order chi connectivity index (χ0) is 6.95. The van der Waals surface area contributed by atoms with Gasteiger partial charge in [-0.25, -0.2) is 0 Å². The lowest BCUT2D eigenvalue weighted by Gasteiger charge is -2.00. The van der Waals surface area contributed by atoms with Crippen molar-refractivity contribution in [2.24, 2.45) is 0 Å². The van der Waals surface area contributed by atoms with Crippen LogP contribution in [0.2, 0.25) is 0 Å². The second-order valence-electron chi connectivity index (χ2n) is 2.10. The lowest BCUT2D eigenvalue weighted by atomic mass is 10.3. The Morgan fingerprint density at radius 2 is 2.11 bits per heavy atom. The molecule has 0 fully saturated rings. The van der Waals surface area contributed by atoms with Gasteiger partial charge in [-0.1, -0.05) is 13.3 Å². The molecule has 0 unspecified atom stereocenters. The highest BCUT2D eigenvalue weighted by molar-refractivity contribution is 4.44. The third-order valence-corrected chi connectivity index (χ3v) is 1.19. The number of rotatable bonds is 6. The van der Waals surface area contributed by atoms with Crippen molar-refractivity contribution in [3.63, 3.8) is 0 Å². The first-order valence-corrected chi connectivity index (χ1v) is 3.61. The zero-order valence-corrected chi connectivity index (χ0v) is 6.44. The number of methoxy groups -OCH3 is 1. The van der Waals surface area contributed by atoms with E-state index in [4.69, 9.17) is 4.74 Å². The summed E-state index contributed by atoms with van der Waals surface area (Å²) in [6.45, 7) is 5.12. The van der Waals surface area contributed by atoms with E-state index >= 15 is 0 Å². The molecular formula is C7H17NO. The molecule has 0 heterocycles. The van der Waals surface area contributed by atoms with E-state index in [0.29, 0.717) is 0 Å². The van der Waals surface area contributed by atoms with Gasteiger partial charge in [0, 0.05) is 13.7 Å². The largest absolute Gasteiger partial charge is 0.383 e. The Labute approximate surface area is 57.6 Å². The van der Waals surface area contributed by atoms with Crippen LogP contribution in [0.4, 0.5) is 0 Å². The van der Waals surface area contributed by atoms with E-state index in [9.17, 15) is 0 Å². The van der Waals surface area contributed by atoms with Crippen LogP contribution < -0.4 is 5.32 Å². The SMILES string of the molecule is CCCCNCCOC. The lowest BCUT2D eigenvalue weighted by Crippen LogP contribution is -2.19. The number of ether oxygens (including phenoxy) is 1. The fraction of sp³-hybridized carbons (Fsp3) is 1.00. The van der Waals surface area contributed by atoms with Crippen molar-refractivity contribution in [1.29, 1.82) is 0 Å². The Hall–Kier alpha value is -0.0800. The molecule has 9 heavy (non-hydrogen) atoms. The normalized spacial score (nSPS) is 10.0. The van der Waals surface area contributed by atoms with Crippen LogP contribution >= 0.6 is 0 Å². The highest BCUT2D eigenvalue weighted by Crippen LogP contribution is 1.80. The van der Waals surface area contributed by atoms with Gasteiger partial charge in [0.25, 0.3) is 0 Å². The van der Waals surface area contributed by atoms with Crippen molar-refractivity contribution in [3.05, 3.63) is 0 Å². The van der Waals surface area contributed by atoms with Gasteiger partial charge in [-0.05, 0) is 13.0 Å². The second kappa shape index (κ2) is 7.92. The van der Waals surface area contributed by atoms with Crippen LogP contribution in [0.5, 0.6) is 0 Å². The third kappa shape index (κ3) is 7.92. The average Bonchev–Trinajstić information content (AvgIpc) is 1.89. The fourth-order valence-corrected chi connectivity index (χ4v) is 0.601. The van der Waals surface area contributed by atoms with Gasteiger partial charge >= 0.3 is 0 Å². The first-order valence-electron chi connectivity index (χ1n) is 3.61. The summed E-state index contributed by atoms with van der Waals surface area (Å²) in [5, 5.41) is 3.26. The van der Waals surface area contributed by atoms with E-state index in [1.807, 2.05) is 0 Å². The molecule has 0 aliphatic carbocycles. The molecule has 0 amide bonds. The lowest BCUT2D eigenvalue weighted by molar-refractivity contribution is 0.199. The van der Waals surface area contributed by atoms with Crippen LogP contribution in [0.15, 0.2) is 0 Å². The first kappa shape index (κ1) is 8.92. The van der Waals surface area contributed by atoms with E-state index in [-0.39, 0.29) is 0 Å². The van der Waals surface area contributed by atoms with Crippen LogP contribution in [0.3, 0.4) is 0 Å². The van der Waals surface area contributed by atoms with Gasteiger partial charge in [-0.3, -0.25) is 0 Å². The molecule has 0 rings (SSSR count). The third-order valence-electron chi connectivity index (χ3n) is 1.19. The van der Waals surface area contributed by atoms with Crippen LogP contribution in [-0.2, 0) is 4.74 Å². The van der Waals surface area contributed by atoms with E-state index in [0.717, 1.165) is 19.7 Å². The van der Waals surface area contributed by atoms with Gasteiger partial charge in [-0.2, -0.15) is 0 Å². The van der Waals surface area contributed by atoms with Crippen molar-refractivity contribution < 1.29 is 4.74 Å². The highest BCUT2D eigenvalue weighted by atomic mass is 16.5. The summed E-state index contributed by atoms with van der Waals surface area (Å²) in [7, 11) is 1.72. The summed E-state index contributed by atoms with van der Waals surface area (Å²) in [6.07, 6.45) is 2.53. The number of unbranched alkanes of at least 4 members (excludes halogenated alkanes) is 1. The van der Waals surface area contributed by atoms with Crippen molar-refractivity contribution in [2.75, 3.05) is 26.8 Å². The van der Waals surface area contributed by atoms with E-state index < -0.39 is 0 Å². The molecule has 0 bridgehead atoms. The molecule has 56 valence electrons. The first-order chi connectivity index (χ1) is 4.41. The smallest absolute Gasteiger partial charge is 0.0587 e. The quantitative estimate of drug-likeness (QED) is 0.543. The van der Waals surface area contributed by atoms with Gasteiger partial charge in [-0.15, -0.1) is 0 Å². The summed E-state index contributed by atoms with van der Waals surface area (Å²) in [5.41, 5.74) is 0.